The maximum absolute atomic E-state index is 12.1. The zero-order valence-electron chi connectivity index (χ0n) is 20.2. The zero-order valence-corrected chi connectivity index (χ0v) is 21.0. The van der Waals surface area contributed by atoms with Crippen molar-refractivity contribution in [2.75, 3.05) is 44.7 Å². The molecule has 0 saturated carbocycles. The number of carbonyl (C=O) groups excluding carboxylic acids is 2. The molecule has 2 rings (SSSR count). The first-order chi connectivity index (χ1) is 15.8. The molecule has 1 saturated heterocycles. The standard InChI is InChI=1S/C25H41N3O4S/c1-3-24(29)13-9-5-8-12-23(27-25(30)20-33(2,31)32)18-26-15-17-28-16-14-22(19-28)21-10-6-4-7-11-21/h4,6-7,10-11,22-23,26H,3,5,8-9,12-20H2,1-2H3,(H,27,30). The second kappa shape index (κ2) is 14.5. The molecular weight excluding hydrogens is 438 g/mol. The van der Waals surface area contributed by atoms with Gasteiger partial charge in [0.05, 0.1) is 0 Å². The molecule has 0 aromatic heterocycles. The Kier molecular flexibility index (Phi) is 12.1. The van der Waals surface area contributed by atoms with Crippen molar-refractivity contribution in [1.29, 1.82) is 0 Å². The van der Waals surface area contributed by atoms with Gasteiger partial charge in [-0.2, -0.15) is 0 Å². The van der Waals surface area contributed by atoms with Gasteiger partial charge in [0.1, 0.15) is 11.5 Å². The number of Topliss-reactive ketones (excluding diaryl/α,β-unsaturated/α-hetero) is 1. The van der Waals surface area contributed by atoms with Crippen molar-refractivity contribution in [3.8, 4) is 0 Å². The Bertz CT molecular complexity index is 829. The van der Waals surface area contributed by atoms with Gasteiger partial charge in [0, 0.05) is 51.3 Å². The zero-order chi connectivity index (χ0) is 24.1. The summed E-state index contributed by atoms with van der Waals surface area (Å²) in [6, 6.07) is 10.5. The van der Waals surface area contributed by atoms with Crippen LogP contribution in [0.5, 0.6) is 0 Å². The second-order valence-corrected chi connectivity index (χ2v) is 11.4. The summed E-state index contributed by atoms with van der Waals surface area (Å²) < 4.78 is 22.9. The van der Waals surface area contributed by atoms with Crippen molar-refractivity contribution in [3.63, 3.8) is 0 Å². The Morgan fingerprint density at radius 3 is 2.61 bits per heavy atom. The summed E-state index contributed by atoms with van der Waals surface area (Å²) in [6.07, 6.45) is 6.89. The predicted octanol–water partition coefficient (Wildman–Crippen LogP) is 2.52. The Labute approximate surface area is 199 Å². The van der Waals surface area contributed by atoms with Gasteiger partial charge in [0.15, 0.2) is 9.84 Å². The highest BCUT2D eigenvalue weighted by atomic mass is 32.2. The summed E-state index contributed by atoms with van der Waals surface area (Å²) >= 11 is 0. The van der Waals surface area contributed by atoms with Crippen LogP contribution in [0.1, 0.15) is 63.4 Å². The van der Waals surface area contributed by atoms with E-state index in [4.69, 9.17) is 0 Å². The van der Waals surface area contributed by atoms with Crippen LogP contribution < -0.4 is 10.6 Å². The predicted molar refractivity (Wildman–Crippen MR) is 133 cm³/mol. The fourth-order valence-corrected chi connectivity index (χ4v) is 4.91. The maximum atomic E-state index is 12.1. The van der Waals surface area contributed by atoms with E-state index in [2.05, 4.69) is 45.9 Å². The highest BCUT2D eigenvalue weighted by Crippen LogP contribution is 2.26. The van der Waals surface area contributed by atoms with Gasteiger partial charge in [-0.15, -0.1) is 0 Å². The average Bonchev–Trinajstić information content (AvgIpc) is 3.24. The Morgan fingerprint density at radius 2 is 1.91 bits per heavy atom. The summed E-state index contributed by atoms with van der Waals surface area (Å²) in [5, 5.41) is 6.32. The molecular formula is C25H41N3O4S. The SMILES string of the molecule is CCC(=O)CCCCCC(CNCCN1CCC(c2ccccc2)C1)NC(=O)CS(C)(=O)=O. The Morgan fingerprint density at radius 1 is 1.15 bits per heavy atom. The van der Waals surface area contributed by atoms with Crippen LogP contribution in [-0.2, 0) is 19.4 Å². The minimum atomic E-state index is -3.35. The molecule has 2 N–H and O–H groups in total. The molecule has 2 unspecified atom stereocenters. The third-order valence-electron chi connectivity index (χ3n) is 6.20. The minimum absolute atomic E-state index is 0.114. The molecule has 1 aliphatic heterocycles. The van der Waals surface area contributed by atoms with Crippen molar-refractivity contribution in [2.45, 2.75) is 63.8 Å². The van der Waals surface area contributed by atoms with Crippen LogP contribution in [0.15, 0.2) is 30.3 Å². The molecule has 8 heteroatoms. The van der Waals surface area contributed by atoms with E-state index in [0.717, 1.165) is 58.1 Å². The molecule has 1 aromatic rings. The second-order valence-electron chi connectivity index (χ2n) is 9.23. The highest BCUT2D eigenvalue weighted by Gasteiger charge is 2.23. The van der Waals surface area contributed by atoms with Gasteiger partial charge in [-0.1, -0.05) is 50.1 Å². The first kappa shape index (κ1) is 27.5. The summed E-state index contributed by atoms with van der Waals surface area (Å²) in [6.45, 7) is 6.42. The van der Waals surface area contributed by atoms with Crippen molar-refractivity contribution < 1.29 is 18.0 Å². The number of hydrogen-bond donors (Lipinski definition) is 2. The number of sulfone groups is 1. The van der Waals surface area contributed by atoms with Crippen LogP contribution >= 0.6 is 0 Å². The van der Waals surface area contributed by atoms with Gasteiger partial charge in [-0.3, -0.25) is 9.59 Å². The molecule has 186 valence electrons. The van der Waals surface area contributed by atoms with Crippen LogP contribution in [0.2, 0.25) is 0 Å². The molecule has 0 aliphatic carbocycles. The molecule has 1 heterocycles. The summed E-state index contributed by atoms with van der Waals surface area (Å²) in [4.78, 5) is 26.0. The molecule has 2 atom stereocenters. The largest absolute Gasteiger partial charge is 0.351 e. The monoisotopic (exact) mass is 479 g/mol. The first-order valence-corrected chi connectivity index (χ1v) is 14.3. The lowest BCUT2D eigenvalue weighted by molar-refractivity contribution is -0.119. The topological polar surface area (TPSA) is 95.6 Å². The summed E-state index contributed by atoms with van der Waals surface area (Å²) in [5.74, 6) is -0.0565. The summed E-state index contributed by atoms with van der Waals surface area (Å²) in [7, 11) is -3.35. The Balaban J connectivity index is 1.71. The quantitative estimate of drug-likeness (QED) is 0.354. The van der Waals surface area contributed by atoms with E-state index in [1.165, 1.54) is 12.0 Å². The van der Waals surface area contributed by atoms with Crippen LogP contribution in [0.3, 0.4) is 0 Å². The van der Waals surface area contributed by atoms with Crippen LogP contribution in [-0.4, -0.2) is 75.8 Å². The van der Waals surface area contributed by atoms with Gasteiger partial charge < -0.3 is 15.5 Å². The average molecular weight is 480 g/mol. The molecule has 1 aliphatic rings. The number of carbonyl (C=O) groups is 2. The third kappa shape index (κ3) is 11.8. The highest BCUT2D eigenvalue weighted by molar-refractivity contribution is 7.91. The lowest BCUT2D eigenvalue weighted by atomic mass is 9.99. The lowest BCUT2D eigenvalue weighted by Gasteiger charge is -2.21. The lowest BCUT2D eigenvalue weighted by Crippen LogP contribution is -2.45. The number of nitrogens with zero attached hydrogens (tertiary/aromatic N) is 1. The number of hydrogen-bond acceptors (Lipinski definition) is 6. The van der Waals surface area contributed by atoms with E-state index in [1.54, 1.807) is 0 Å². The maximum Gasteiger partial charge on any atom is 0.235 e. The van der Waals surface area contributed by atoms with Gasteiger partial charge in [-0.25, -0.2) is 8.42 Å². The van der Waals surface area contributed by atoms with E-state index in [-0.39, 0.29) is 11.8 Å². The van der Waals surface area contributed by atoms with E-state index in [9.17, 15) is 18.0 Å². The Hall–Kier alpha value is -1.77. The molecule has 0 spiro atoms. The van der Waals surface area contributed by atoms with E-state index >= 15 is 0 Å². The van der Waals surface area contributed by atoms with Crippen molar-refractivity contribution >= 4 is 21.5 Å². The van der Waals surface area contributed by atoms with Gasteiger partial charge >= 0.3 is 0 Å². The van der Waals surface area contributed by atoms with Gasteiger partial charge in [0.2, 0.25) is 5.91 Å². The number of rotatable bonds is 16. The number of nitrogens with one attached hydrogen (secondary N) is 2. The molecule has 1 amide bonds. The van der Waals surface area contributed by atoms with E-state index < -0.39 is 21.5 Å². The van der Waals surface area contributed by atoms with Crippen molar-refractivity contribution in [3.05, 3.63) is 35.9 Å². The fraction of sp³-hybridized carbons (Fsp3) is 0.680. The van der Waals surface area contributed by atoms with Gasteiger partial charge in [-0.05, 0) is 37.3 Å². The molecule has 0 bridgehead atoms. The van der Waals surface area contributed by atoms with Crippen LogP contribution in [0.4, 0.5) is 0 Å². The normalized spacial score (nSPS) is 17.7. The smallest absolute Gasteiger partial charge is 0.235 e. The van der Waals surface area contributed by atoms with E-state index in [1.807, 2.05) is 6.92 Å². The molecule has 0 radical (unpaired) electrons. The number of ketones is 1. The molecule has 33 heavy (non-hydrogen) atoms. The molecule has 1 aromatic carbocycles. The fourth-order valence-electron chi connectivity index (χ4n) is 4.35. The molecule has 7 nitrogen and oxygen atoms in total. The minimum Gasteiger partial charge on any atom is -0.351 e. The number of benzene rings is 1. The van der Waals surface area contributed by atoms with Crippen molar-refractivity contribution in [2.24, 2.45) is 0 Å². The van der Waals surface area contributed by atoms with E-state index in [0.29, 0.717) is 25.3 Å². The first-order valence-electron chi connectivity index (χ1n) is 12.2. The number of likely N-dealkylation sites (tertiary alicyclic amines) is 1. The van der Waals surface area contributed by atoms with Crippen LogP contribution in [0.25, 0.3) is 0 Å². The van der Waals surface area contributed by atoms with Crippen LogP contribution in [0, 0.1) is 0 Å². The molecule has 1 fully saturated rings. The van der Waals surface area contributed by atoms with Crippen molar-refractivity contribution in [1.82, 2.24) is 15.5 Å². The number of amides is 1. The third-order valence-corrected chi connectivity index (χ3v) is 6.99. The van der Waals surface area contributed by atoms with Gasteiger partial charge in [0.25, 0.3) is 0 Å². The summed E-state index contributed by atoms with van der Waals surface area (Å²) in [5.41, 5.74) is 1.40. The number of unbranched alkanes of at least 4 members (excludes halogenated alkanes) is 2.